The second-order valence-corrected chi connectivity index (χ2v) is 5.43. The van der Waals surface area contributed by atoms with Gasteiger partial charge in [-0.05, 0) is 19.8 Å². The van der Waals surface area contributed by atoms with E-state index in [-0.39, 0.29) is 18.8 Å². The van der Waals surface area contributed by atoms with E-state index in [0.29, 0.717) is 11.0 Å². The highest BCUT2D eigenvalue weighted by molar-refractivity contribution is 7.15. The molecule has 1 rings (SSSR count). The Labute approximate surface area is 128 Å². The predicted octanol–water partition coefficient (Wildman–Crippen LogP) is 2.69. The smallest absolute Gasteiger partial charge is 0.347 e. The van der Waals surface area contributed by atoms with Gasteiger partial charge >= 0.3 is 11.9 Å². The molecule has 0 atom stereocenters. The summed E-state index contributed by atoms with van der Waals surface area (Å²) in [6, 6.07) is 0. The van der Waals surface area contributed by atoms with Gasteiger partial charge < -0.3 is 14.8 Å². The summed E-state index contributed by atoms with van der Waals surface area (Å²) in [5.74, 6) is -1.07. The van der Waals surface area contributed by atoms with E-state index < -0.39 is 11.9 Å². The zero-order valence-electron chi connectivity index (χ0n) is 12.6. The highest BCUT2D eigenvalue weighted by Crippen LogP contribution is 2.25. The van der Waals surface area contributed by atoms with Crippen molar-refractivity contribution >= 4 is 28.4 Å². The minimum absolute atomic E-state index is 0.181. The number of carbonyl (C=O) groups is 2. The molecule has 6 nitrogen and oxygen atoms in total. The second-order valence-electron chi connectivity index (χ2n) is 4.37. The Hall–Kier alpha value is -1.89. The molecule has 1 aromatic rings. The van der Waals surface area contributed by atoms with Gasteiger partial charge in [-0.1, -0.05) is 13.8 Å². The lowest BCUT2D eigenvalue weighted by Crippen LogP contribution is -2.19. The van der Waals surface area contributed by atoms with Crippen LogP contribution in [0.25, 0.3) is 0 Å². The van der Waals surface area contributed by atoms with Crippen LogP contribution in [0.3, 0.4) is 0 Å². The quantitative estimate of drug-likeness (QED) is 0.361. The molecule has 0 fully saturated rings. The molecule has 0 saturated carbocycles. The first-order valence-corrected chi connectivity index (χ1v) is 7.57. The zero-order valence-corrected chi connectivity index (χ0v) is 13.5. The Bertz CT molecular complexity index is 503. The summed E-state index contributed by atoms with van der Waals surface area (Å²) in [7, 11) is 0. The van der Waals surface area contributed by atoms with Crippen molar-refractivity contribution in [3.05, 3.63) is 22.8 Å². The van der Waals surface area contributed by atoms with Crippen LogP contribution < -0.4 is 5.32 Å². The van der Waals surface area contributed by atoms with Gasteiger partial charge in [0.2, 0.25) is 0 Å². The van der Waals surface area contributed by atoms with E-state index in [0.717, 1.165) is 4.88 Å². The van der Waals surface area contributed by atoms with Crippen LogP contribution in [0.2, 0.25) is 0 Å². The molecule has 116 valence electrons. The third kappa shape index (κ3) is 5.18. The minimum Gasteiger partial charge on any atom is -0.462 e. The number of carbonyl (C=O) groups excluding carboxylic acids is 2. The molecule has 0 aliphatic rings. The molecule has 1 N–H and O–H groups in total. The van der Waals surface area contributed by atoms with Crippen LogP contribution in [0.5, 0.6) is 0 Å². The molecular weight excluding hydrogens is 292 g/mol. The summed E-state index contributed by atoms with van der Waals surface area (Å²) < 4.78 is 9.68. The van der Waals surface area contributed by atoms with E-state index in [2.05, 4.69) is 24.1 Å². The number of esters is 2. The molecule has 0 aliphatic heterocycles. The van der Waals surface area contributed by atoms with Crippen LogP contribution in [0.4, 0.5) is 5.13 Å². The van der Waals surface area contributed by atoms with Crippen molar-refractivity contribution in [3.8, 4) is 0 Å². The number of aromatic nitrogens is 1. The van der Waals surface area contributed by atoms with Gasteiger partial charge in [0.15, 0.2) is 10.7 Å². The van der Waals surface area contributed by atoms with Gasteiger partial charge in [-0.15, -0.1) is 11.3 Å². The Morgan fingerprint density at radius 2 is 1.86 bits per heavy atom. The number of hydrogen-bond acceptors (Lipinski definition) is 7. The van der Waals surface area contributed by atoms with Crippen LogP contribution in [-0.4, -0.2) is 30.1 Å². The fraction of sp³-hybridized carbons (Fsp3) is 0.500. The summed E-state index contributed by atoms with van der Waals surface area (Å²) >= 11 is 1.46. The maximum absolute atomic E-state index is 11.7. The second kappa shape index (κ2) is 8.41. The van der Waals surface area contributed by atoms with Gasteiger partial charge in [0, 0.05) is 17.3 Å². The van der Waals surface area contributed by atoms with E-state index >= 15 is 0 Å². The van der Waals surface area contributed by atoms with Crippen LogP contribution in [-0.2, 0) is 19.1 Å². The number of ether oxygens (including phenoxy) is 2. The normalized spacial score (nSPS) is 10.1. The molecule has 0 aliphatic carbocycles. The monoisotopic (exact) mass is 312 g/mol. The van der Waals surface area contributed by atoms with Crippen molar-refractivity contribution in [3.63, 3.8) is 0 Å². The van der Waals surface area contributed by atoms with Crippen LogP contribution >= 0.6 is 11.3 Å². The lowest BCUT2D eigenvalue weighted by Gasteiger charge is -2.06. The van der Waals surface area contributed by atoms with Gasteiger partial charge in [0.1, 0.15) is 0 Å². The summed E-state index contributed by atoms with van der Waals surface area (Å²) in [6.07, 6.45) is 3.04. The lowest BCUT2D eigenvalue weighted by molar-refractivity contribution is -0.146. The number of thiazole rings is 1. The van der Waals surface area contributed by atoms with Crippen LogP contribution in [0, 0.1) is 0 Å². The van der Waals surface area contributed by atoms with Crippen LogP contribution in [0.1, 0.15) is 38.5 Å². The van der Waals surface area contributed by atoms with Crippen molar-refractivity contribution in [2.45, 2.75) is 33.6 Å². The Morgan fingerprint density at radius 1 is 1.29 bits per heavy atom. The summed E-state index contributed by atoms with van der Waals surface area (Å²) in [5.41, 5.74) is -0.181. The summed E-state index contributed by atoms with van der Waals surface area (Å²) in [5, 5.41) is 3.44. The first-order valence-electron chi connectivity index (χ1n) is 6.76. The largest absolute Gasteiger partial charge is 0.462 e. The topological polar surface area (TPSA) is 77.5 Å². The zero-order chi connectivity index (χ0) is 15.8. The van der Waals surface area contributed by atoms with Gasteiger partial charge in [-0.2, -0.15) is 0 Å². The average molecular weight is 312 g/mol. The standard InChI is InChI=1S/C14H20N2O4S/c1-5-19-12(17)10(13(18)20-6-2)7-15-14-16-8-11(21-14)9(3)4/h7-9H,5-6H2,1-4H3,(H,15,16). The van der Waals surface area contributed by atoms with Gasteiger partial charge in [-0.25, -0.2) is 14.6 Å². The molecule has 0 spiro atoms. The number of rotatable bonds is 7. The number of nitrogens with zero attached hydrogens (tertiary/aromatic N) is 1. The Balaban J connectivity index is 2.85. The molecule has 0 unspecified atom stereocenters. The maximum atomic E-state index is 11.7. The molecule has 0 amide bonds. The van der Waals surface area contributed by atoms with Crippen LogP contribution in [0.15, 0.2) is 18.0 Å². The van der Waals surface area contributed by atoms with Gasteiger partial charge in [0.25, 0.3) is 0 Å². The third-order valence-electron chi connectivity index (χ3n) is 2.42. The molecule has 7 heteroatoms. The predicted molar refractivity (Wildman–Crippen MR) is 81.2 cm³/mol. The van der Waals surface area contributed by atoms with Crippen molar-refractivity contribution in [2.75, 3.05) is 18.5 Å². The first-order chi connectivity index (χ1) is 9.99. The molecule has 0 bridgehead atoms. The summed E-state index contributed by atoms with van der Waals surface area (Å²) in [6.45, 7) is 7.84. The lowest BCUT2D eigenvalue weighted by atomic mass is 10.2. The number of anilines is 1. The van der Waals surface area contributed by atoms with Gasteiger partial charge in [-0.3, -0.25) is 0 Å². The van der Waals surface area contributed by atoms with Crippen molar-refractivity contribution in [2.24, 2.45) is 0 Å². The van der Waals surface area contributed by atoms with Crippen molar-refractivity contribution in [1.82, 2.24) is 4.98 Å². The highest BCUT2D eigenvalue weighted by Gasteiger charge is 2.21. The van der Waals surface area contributed by atoms with E-state index in [1.807, 2.05) is 0 Å². The molecule has 0 radical (unpaired) electrons. The van der Waals surface area contributed by atoms with E-state index in [9.17, 15) is 9.59 Å². The molecule has 0 saturated heterocycles. The van der Waals surface area contributed by atoms with Crippen molar-refractivity contribution < 1.29 is 19.1 Å². The fourth-order valence-electron chi connectivity index (χ4n) is 1.37. The molecule has 1 heterocycles. The third-order valence-corrected chi connectivity index (χ3v) is 3.65. The fourth-order valence-corrected chi connectivity index (χ4v) is 2.16. The number of hydrogen-bond donors (Lipinski definition) is 1. The molecule has 1 aromatic heterocycles. The van der Waals surface area contributed by atoms with E-state index in [1.54, 1.807) is 20.0 Å². The minimum atomic E-state index is -0.718. The first kappa shape index (κ1) is 17.2. The molecule has 0 aromatic carbocycles. The van der Waals surface area contributed by atoms with Crippen molar-refractivity contribution in [1.29, 1.82) is 0 Å². The summed E-state index contributed by atoms with van der Waals surface area (Å²) in [4.78, 5) is 28.8. The SMILES string of the molecule is CCOC(=O)C(=CNc1ncc(C(C)C)s1)C(=O)OCC. The molecule has 21 heavy (non-hydrogen) atoms. The highest BCUT2D eigenvalue weighted by atomic mass is 32.1. The van der Waals surface area contributed by atoms with Gasteiger partial charge in [0.05, 0.1) is 13.2 Å². The average Bonchev–Trinajstić information content (AvgIpc) is 2.88. The molecular formula is C14H20N2O4S. The maximum Gasteiger partial charge on any atom is 0.347 e. The Kier molecular flexibility index (Phi) is 6.87. The number of nitrogens with one attached hydrogen (secondary N) is 1. The van der Waals surface area contributed by atoms with E-state index in [1.165, 1.54) is 17.5 Å². The van der Waals surface area contributed by atoms with E-state index in [4.69, 9.17) is 9.47 Å². The Morgan fingerprint density at radius 3 is 2.29 bits per heavy atom.